The number of phenolic OH excluding ortho intramolecular Hbond substituents is 2. The summed E-state index contributed by atoms with van der Waals surface area (Å²) in [6.45, 7) is 0. The van der Waals surface area contributed by atoms with Gasteiger partial charge in [-0.15, -0.1) is 0 Å². The van der Waals surface area contributed by atoms with E-state index in [-0.39, 0.29) is 45.7 Å². The smallest absolute Gasteiger partial charge is 0.193 e. The standard InChI is InChI=1S/C27H14F2N2O3.C13H10O3.C7H3F2N/c28-23-3-1-5-25(21(23)15-30)33-19-11-7-17(8-12-19)27(32)18-9-13-20(14-10-18)34-26-6-2-4-24(29)22(26)16-31;14-11-5-1-9(2-6-11)13(16)10-3-7-12(15)8-4-10;8-6-2-1-3-7(9)5(6)4-10/h1-14H;1-8,14-15H;1-3H. The molecule has 7 aromatic carbocycles. The molecule has 60 heavy (non-hydrogen) atoms. The quantitative estimate of drug-likeness (QED) is 0.112. The van der Waals surface area contributed by atoms with Gasteiger partial charge in [-0.1, -0.05) is 18.2 Å². The molecule has 0 aromatic heterocycles. The van der Waals surface area contributed by atoms with Gasteiger partial charge in [0.05, 0.1) is 0 Å². The second-order valence-corrected chi connectivity index (χ2v) is 12.2. The molecule has 0 fully saturated rings. The summed E-state index contributed by atoms with van der Waals surface area (Å²) in [4.78, 5) is 24.7. The lowest BCUT2D eigenvalue weighted by molar-refractivity contribution is 0.103. The van der Waals surface area contributed by atoms with E-state index in [1.807, 2.05) is 0 Å². The molecule has 0 aliphatic carbocycles. The molecule has 13 heteroatoms. The van der Waals surface area contributed by atoms with Crippen molar-refractivity contribution in [2.45, 2.75) is 0 Å². The number of nitrogens with zero attached hydrogens (tertiary/aromatic N) is 3. The average molecular weight is 806 g/mol. The highest BCUT2D eigenvalue weighted by Crippen LogP contribution is 2.29. The fraction of sp³-hybridized carbons (Fsp3) is 0. The van der Waals surface area contributed by atoms with E-state index >= 15 is 0 Å². The zero-order valence-electron chi connectivity index (χ0n) is 30.8. The van der Waals surface area contributed by atoms with Gasteiger partial charge in [0, 0.05) is 22.3 Å². The van der Waals surface area contributed by atoms with Gasteiger partial charge < -0.3 is 19.7 Å². The average Bonchev–Trinajstić information content (AvgIpc) is 3.25. The van der Waals surface area contributed by atoms with E-state index in [2.05, 4.69) is 0 Å². The molecule has 0 heterocycles. The van der Waals surface area contributed by atoms with Crippen LogP contribution in [0, 0.1) is 57.3 Å². The molecule has 0 aliphatic rings. The van der Waals surface area contributed by atoms with Gasteiger partial charge in [0.1, 0.15) is 92.7 Å². The van der Waals surface area contributed by atoms with Crippen LogP contribution in [-0.4, -0.2) is 21.8 Å². The molecule has 7 rings (SSSR count). The Hall–Kier alpha value is -8.73. The summed E-state index contributed by atoms with van der Waals surface area (Å²) in [6, 6.07) is 40.9. The molecule has 0 spiro atoms. The maximum atomic E-state index is 13.7. The number of carbonyl (C=O) groups excluding carboxylic acids is 2. The van der Waals surface area contributed by atoms with Gasteiger partial charge in [0.25, 0.3) is 0 Å². The fourth-order valence-corrected chi connectivity index (χ4v) is 5.16. The number of phenols is 2. The highest BCUT2D eigenvalue weighted by molar-refractivity contribution is 6.09. The summed E-state index contributed by atoms with van der Waals surface area (Å²) in [6.07, 6.45) is 0. The van der Waals surface area contributed by atoms with Crippen LogP contribution in [0.15, 0.2) is 152 Å². The minimum absolute atomic E-state index is 0.0787. The first-order valence-electron chi connectivity index (χ1n) is 17.4. The van der Waals surface area contributed by atoms with Crippen LogP contribution < -0.4 is 9.47 Å². The summed E-state index contributed by atoms with van der Waals surface area (Å²) in [5, 5.41) is 44.6. The molecule has 0 saturated carbocycles. The lowest BCUT2D eigenvalue weighted by Gasteiger charge is -2.09. The minimum Gasteiger partial charge on any atom is -0.508 e. The topological polar surface area (TPSA) is 164 Å². The Bertz CT molecular complexity index is 2600. The number of halogens is 4. The van der Waals surface area contributed by atoms with E-state index in [0.717, 1.165) is 12.1 Å². The molecule has 0 saturated heterocycles. The van der Waals surface area contributed by atoms with Crippen molar-refractivity contribution in [1.82, 2.24) is 0 Å². The molecule has 0 atom stereocenters. The number of ketones is 2. The van der Waals surface area contributed by atoms with Crippen LogP contribution in [0.1, 0.15) is 48.5 Å². The summed E-state index contributed by atoms with van der Waals surface area (Å²) < 4.78 is 63.4. The minimum atomic E-state index is -0.817. The number of ether oxygens (including phenoxy) is 2. The zero-order valence-corrected chi connectivity index (χ0v) is 30.8. The predicted octanol–water partition coefficient (Wildman–Crippen LogP) is 10.7. The van der Waals surface area contributed by atoms with E-state index in [1.54, 1.807) is 84.9 Å². The number of rotatable bonds is 8. The van der Waals surface area contributed by atoms with Crippen molar-refractivity contribution in [2.75, 3.05) is 0 Å². The highest BCUT2D eigenvalue weighted by atomic mass is 19.1. The largest absolute Gasteiger partial charge is 0.508 e. The maximum Gasteiger partial charge on any atom is 0.193 e. The van der Waals surface area contributed by atoms with Gasteiger partial charge in [0.15, 0.2) is 11.6 Å². The summed E-state index contributed by atoms with van der Waals surface area (Å²) >= 11 is 0. The van der Waals surface area contributed by atoms with Crippen molar-refractivity contribution in [3.05, 3.63) is 214 Å². The molecular formula is C47H27F4N3O6. The van der Waals surface area contributed by atoms with E-state index in [1.165, 1.54) is 72.8 Å². The number of benzene rings is 7. The second-order valence-electron chi connectivity index (χ2n) is 12.2. The van der Waals surface area contributed by atoms with Crippen LogP contribution in [0.3, 0.4) is 0 Å². The number of hydrogen-bond acceptors (Lipinski definition) is 9. The normalized spacial score (nSPS) is 9.88. The molecule has 0 unspecified atom stereocenters. The Morgan fingerprint density at radius 1 is 0.400 bits per heavy atom. The van der Waals surface area contributed by atoms with Crippen LogP contribution >= 0.6 is 0 Å². The lowest BCUT2D eigenvalue weighted by Crippen LogP contribution is -2.01. The van der Waals surface area contributed by atoms with Gasteiger partial charge in [-0.25, -0.2) is 17.6 Å². The lowest BCUT2D eigenvalue weighted by atomic mass is 10.0. The van der Waals surface area contributed by atoms with Crippen LogP contribution in [0.5, 0.6) is 34.5 Å². The van der Waals surface area contributed by atoms with Crippen LogP contribution in [0.2, 0.25) is 0 Å². The van der Waals surface area contributed by atoms with E-state index in [4.69, 9.17) is 35.5 Å². The molecule has 0 aliphatic heterocycles. The summed E-state index contributed by atoms with van der Waals surface area (Å²) in [5.74, 6) is -2.30. The van der Waals surface area contributed by atoms with Gasteiger partial charge in [-0.2, -0.15) is 15.8 Å². The first-order chi connectivity index (χ1) is 28.9. The number of carbonyl (C=O) groups is 2. The molecule has 0 bridgehead atoms. The third-order valence-electron chi connectivity index (χ3n) is 8.20. The van der Waals surface area contributed by atoms with Crippen molar-refractivity contribution in [3.8, 4) is 52.7 Å². The van der Waals surface area contributed by atoms with E-state index in [0.29, 0.717) is 33.8 Å². The van der Waals surface area contributed by atoms with Crippen molar-refractivity contribution in [3.63, 3.8) is 0 Å². The predicted molar refractivity (Wildman–Crippen MR) is 209 cm³/mol. The number of aromatic hydroxyl groups is 2. The van der Waals surface area contributed by atoms with Gasteiger partial charge >= 0.3 is 0 Å². The Morgan fingerprint density at radius 3 is 0.950 bits per heavy atom. The highest BCUT2D eigenvalue weighted by Gasteiger charge is 2.14. The maximum absolute atomic E-state index is 13.7. The SMILES string of the molecule is N#Cc1c(F)cccc1F.N#Cc1c(F)cccc1Oc1ccc(C(=O)c2ccc(Oc3cccc(F)c3C#N)cc2)cc1.O=C(c1ccc(O)cc1)c1ccc(O)cc1. The first kappa shape index (κ1) is 42.4. The number of nitriles is 3. The molecule has 0 radical (unpaired) electrons. The molecule has 9 nitrogen and oxygen atoms in total. The Balaban J connectivity index is 0.000000214. The molecule has 7 aromatic rings. The molecule has 2 N–H and O–H groups in total. The Labute approximate surface area is 340 Å². The van der Waals surface area contributed by atoms with Crippen LogP contribution in [-0.2, 0) is 0 Å². The van der Waals surface area contributed by atoms with Crippen LogP contribution in [0.25, 0.3) is 0 Å². The van der Waals surface area contributed by atoms with Crippen molar-refractivity contribution in [1.29, 1.82) is 15.8 Å². The van der Waals surface area contributed by atoms with Crippen molar-refractivity contribution < 1.29 is 46.8 Å². The summed E-state index contributed by atoms with van der Waals surface area (Å²) in [7, 11) is 0. The van der Waals surface area contributed by atoms with E-state index in [9.17, 15) is 27.2 Å². The Morgan fingerprint density at radius 2 is 0.667 bits per heavy atom. The second kappa shape index (κ2) is 19.9. The van der Waals surface area contributed by atoms with Gasteiger partial charge in [-0.3, -0.25) is 9.59 Å². The van der Waals surface area contributed by atoms with Crippen LogP contribution in [0.4, 0.5) is 17.6 Å². The monoisotopic (exact) mass is 805 g/mol. The van der Waals surface area contributed by atoms with E-state index < -0.39 is 28.8 Å². The molecular weight excluding hydrogens is 779 g/mol. The number of hydrogen-bond donors (Lipinski definition) is 2. The van der Waals surface area contributed by atoms with Crippen molar-refractivity contribution >= 4 is 11.6 Å². The molecule has 0 amide bonds. The summed E-state index contributed by atoms with van der Waals surface area (Å²) in [5.41, 5.74) is 0.847. The Kier molecular flexibility index (Phi) is 14.1. The van der Waals surface area contributed by atoms with Crippen molar-refractivity contribution in [2.24, 2.45) is 0 Å². The van der Waals surface area contributed by atoms with Gasteiger partial charge in [0.2, 0.25) is 0 Å². The first-order valence-corrected chi connectivity index (χ1v) is 17.4. The fourth-order valence-electron chi connectivity index (χ4n) is 5.16. The third kappa shape index (κ3) is 10.8. The third-order valence-corrected chi connectivity index (χ3v) is 8.20. The van der Waals surface area contributed by atoms with Gasteiger partial charge in [-0.05, 0) is 133 Å². The molecule has 294 valence electrons. The zero-order chi connectivity index (χ0) is 43.2.